The van der Waals surface area contributed by atoms with E-state index in [1.54, 1.807) is 24.5 Å². The number of rotatable bonds is 2. The zero-order valence-corrected chi connectivity index (χ0v) is 13.9. The maximum absolute atomic E-state index is 13.1. The van der Waals surface area contributed by atoms with Crippen molar-refractivity contribution in [2.45, 2.75) is 19.3 Å². The Morgan fingerprint density at radius 2 is 1.96 bits per heavy atom. The first-order valence-corrected chi connectivity index (χ1v) is 8.57. The predicted molar refractivity (Wildman–Crippen MR) is 90.6 cm³/mol. The van der Waals surface area contributed by atoms with E-state index in [2.05, 4.69) is 19.9 Å². The Morgan fingerprint density at radius 1 is 1.12 bits per heavy atom. The summed E-state index contributed by atoms with van der Waals surface area (Å²) in [6.07, 6.45) is 8.78. The number of carbonyl (C=O) groups excluding carboxylic acids is 1. The lowest BCUT2D eigenvalue weighted by Crippen LogP contribution is -2.46. The van der Waals surface area contributed by atoms with Gasteiger partial charge >= 0.3 is 0 Å². The van der Waals surface area contributed by atoms with Gasteiger partial charge in [-0.2, -0.15) is 0 Å². The van der Waals surface area contributed by atoms with Crippen molar-refractivity contribution in [1.29, 1.82) is 0 Å². The van der Waals surface area contributed by atoms with Crippen LogP contribution in [-0.2, 0) is 0 Å². The van der Waals surface area contributed by atoms with Gasteiger partial charge in [0, 0.05) is 44.0 Å². The summed E-state index contributed by atoms with van der Waals surface area (Å²) in [4.78, 5) is 29.0. The van der Waals surface area contributed by atoms with E-state index in [1.807, 2.05) is 4.90 Å². The summed E-state index contributed by atoms with van der Waals surface area (Å²) in [5.41, 5.74) is 0.697. The summed E-state index contributed by atoms with van der Waals surface area (Å²) in [7, 11) is 0. The lowest BCUT2D eigenvalue weighted by Gasteiger charge is -2.40. The minimum atomic E-state index is -0.426. The smallest absolute Gasteiger partial charge is 0.255 e. The van der Waals surface area contributed by atoms with Crippen LogP contribution in [0.15, 0.2) is 36.9 Å². The molecule has 0 aliphatic carbocycles. The Hall–Kier alpha value is -2.57. The van der Waals surface area contributed by atoms with Crippen LogP contribution in [0, 0.1) is 11.2 Å². The number of pyridine rings is 1. The average Bonchev–Trinajstić information content (AvgIpc) is 3.05. The average molecular weight is 341 g/mol. The van der Waals surface area contributed by atoms with Crippen molar-refractivity contribution >= 4 is 11.9 Å². The van der Waals surface area contributed by atoms with Gasteiger partial charge in [-0.25, -0.2) is 14.4 Å². The number of carbonyl (C=O) groups is 1. The van der Waals surface area contributed by atoms with Gasteiger partial charge in [0.15, 0.2) is 5.82 Å². The first kappa shape index (κ1) is 15.9. The van der Waals surface area contributed by atoms with Gasteiger partial charge in [-0.1, -0.05) is 0 Å². The summed E-state index contributed by atoms with van der Waals surface area (Å²) in [5, 5.41) is 0. The van der Waals surface area contributed by atoms with E-state index in [9.17, 15) is 9.18 Å². The molecule has 1 spiro atoms. The SMILES string of the molecule is O=C(c1cccnc1)N1CC[C@@]2(CCCN(c3ncc(F)cn3)C2)C1. The first-order valence-electron chi connectivity index (χ1n) is 8.57. The molecule has 2 aliphatic rings. The number of hydrogen-bond donors (Lipinski definition) is 0. The van der Waals surface area contributed by atoms with E-state index in [0.29, 0.717) is 11.5 Å². The van der Waals surface area contributed by atoms with E-state index in [0.717, 1.165) is 45.4 Å². The molecule has 130 valence electrons. The summed E-state index contributed by atoms with van der Waals surface area (Å²) < 4.78 is 13.1. The molecule has 4 rings (SSSR count). The van der Waals surface area contributed by atoms with Gasteiger partial charge in [0.05, 0.1) is 18.0 Å². The van der Waals surface area contributed by atoms with Crippen LogP contribution in [0.5, 0.6) is 0 Å². The molecule has 0 saturated carbocycles. The zero-order chi connectivity index (χ0) is 17.3. The minimum Gasteiger partial charge on any atom is -0.340 e. The highest BCUT2D eigenvalue weighted by molar-refractivity contribution is 5.94. The molecule has 6 nitrogen and oxygen atoms in total. The highest BCUT2D eigenvalue weighted by Crippen LogP contribution is 2.40. The molecule has 4 heterocycles. The molecule has 2 aromatic rings. The second-order valence-corrected chi connectivity index (χ2v) is 6.94. The Morgan fingerprint density at radius 3 is 2.72 bits per heavy atom. The maximum atomic E-state index is 13.1. The topological polar surface area (TPSA) is 62.2 Å². The molecule has 0 aromatic carbocycles. The van der Waals surface area contributed by atoms with Gasteiger partial charge in [-0.3, -0.25) is 9.78 Å². The summed E-state index contributed by atoms with van der Waals surface area (Å²) in [6, 6.07) is 3.59. The molecule has 2 aromatic heterocycles. The Labute approximate surface area is 145 Å². The molecule has 25 heavy (non-hydrogen) atoms. The van der Waals surface area contributed by atoms with Crippen LogP contribution in [0.4, 0.5) is 10.3 Å². The summed E-state index contributed by atoms with van der Waals surface area (Å²) in [6.45, 7) is 3.16. The molecule has 0 radical (unpaired) electrons. The molecule has 1 atom stereocenters. The maximum Gasteiger partial charge on any atom is 0.255 e. The second kappa shape index (κ2) is 6.38. The molecular formula is C18H20FN5O. The normalized spacial score (nSPS) is 23.2. The van der Waals surface area contributed by atoms with Gasteiger partial charge in [0.1, 0.15) is 0 Å². The van der Waals surface area contributed by atoms with Crippen molar-refractivity contribution in [3.8, 4) is 0 Å². The quantitative estimate of drug-likeness (QED) is 0.837. The predicted octanol–water partition coefficient (Wildman–Crippen LogP) is 2.14. The van der Waals surface area contributed by atoms with Crippen molar-refractivity contribution in [2.75, 3.05) is 31.1 Å². The van der Waals surface area contributed by atoms with Crippen LogP contribution in [0.2, 0.25) is 0 Å². The molecular weight excluding hydrogens is 321 g/mol. The summed E-state index contributed by atoms with van der Waals surface area (Å²) in [5.74, 6) is 0.183. The monoisotopic (exact) mass is 341 g/mol. The van der Waals surface area contributed by atoms with E-state index in [-0.39, 0.29) is 11.3 Å². The third-order valence-corrected chi connectivity index (χ3v) is 5.18. The molecule has 0 unspecified atom stereocenters. The largest absolute Gasteiger partial charge is 0.340 e. The Balaban J connectivity index is 1.47. The third kappa shape index (κ3) is 3.18. The number of nitrogens with zero attached hydrogens (tertiary/aromatic N) is 5. The number of piperidine rings is 1. The number of halogens is 1. The van der Waals surface area contributed by atoms with Crippen LogP contribution in [0.25, 0.3) is 0 Å². The molecule has 2 fully saturated rings. The van der Waals surface area contributed by atoms with Crippen LogP contribution < -0.4 is 4.90 Å². The van der Waals surface area contributed by atoms with Gasteiger partial charge in [-0.15, -0.1) is 0 Å². The Bertz CT molecular complexity index is 754. The lowest BCUT2D eigenvalue weighted by atomic mass is 9.79. The zero-order valence-electron chi connectivity index (χ0n) is 13.9. The summed E-state index contributed by atoms with van der Waals surface area (Å²) >= 11 is 0. The molecule has 7 heteroatoms. The van der Waals surface area contributed by atoms with Gasteiger partial charge in [0.25, 0.3) is 5.91 Å². The number of anilines is 1. The van der Waals surface area contributed by atoms with Gasteiger partial charge in [0.2, 0.25) is 5.95 Å². The van der Waals surface area contributed by atoms with E-state index < -0.39 is 5.82 Å². The van der Waals surface area contributed by atoms with Crippen LogP contribution in [-0.4, -0.2) is 51.9 Å². The fourth-order valence-electron chi connectivity index (χ4n) is 3.96. The minimum absolute atomic E-state index is 0.0418. The first-order chi connectivity index (χ1) is 12.2. The number of amides is 1. The van der Waals surface area contributed by atoms with E-state index in [1.165, 1.54) is 12.4 Å². The van der Waals surface area contributed by atoms with Crippen molar-refractivity contribution in [3.63, 3.8) is 0 Å². The van der Waals surface area contributed by atoms with Gasteiger partial charge in [-0.05, 0) is 31.4 Å². The number of hydrogen-bond acceptors (Lipinski definition) is 5. The standard InChI is InChI=1S/C18H20FN5O/c19-15-10-21-17(22-11-15)24-7-2-4-18(13-24)5-8-23(12-18)16(25)14-3-1-6-20-9-14/h1,3,6,9-11H,2,4-5,7-8,12-13H2/t18-/m0/s1. The van der Waals surface area contributed by atoms with Crippen molar-refractivity contribution in [1.82, 2.24) is 19.9 Å². The molecule has 0 N–H and O–H groups in total. The van der Waals surface area contributed by atoms with Crippen molar-refractivity contribution < 1.29 is 9.18 Å². The van der Waals surface area contributed by atoms with Gasteiger partial charge < -0.3 is 9.80 Å². The molecule has 0 bridgehead atoms. The Kier molecular flexibility index (Phi) is 4.07. The van der Waals surface area contributed by atoms with Crippen LogP contribution in [0.3, 0.4) is 0 Å². The number of likely N-dealkylation sites (tertiary alicyclic amines) is 1. The number of aromatic nitrogens is 3. The molecule has 1 amide bonds. The van der Waals surface area contributed by atoms with Crippen molar-refractivity contribution in [2.24, 2.45) is 5.41 Å². The van der Waals surface area contributed by atoms with E-state index >= 15 is 0 Å². The second-order valence-electron chi connectivity index (χ2n) is 6.94. The molecule has 2 aliphatic heterocycles. The lowest BCUT2D eigenvalue weighted by molar-refractivity contribution is 0.0767. The highest BCUT2D eigenvalue weighted by Gasteiger charge is 2.43. The highest BCUT2D eigenvalue weighted by atomic mass is 19.1. The third-order valence-electron chi connectivity index (χ3n) is 5.18. The van der Waals surface area contributed by atoms with Crippen LogP contribution in [0.1, 0.15) is 29.6 Å². The van der Waals surface area contributed by atoms with Crippen molar-refractivity contribution in [3.05, 3.63) is 48.3 Å². The molecule has 2 saturated heterocycles. The van der Waals surface area contributed by atoms with Crippen LogP contribution >= 0.6 is 0 Å². The fourth-order valence-corrected chi connectivity index (χ4v) is 3.96. The fraction of sp³-hybridized carbons (Fsp3) is 0.444. The van der Waals surface area contributed by atoms with E-state index in [4.69, 9.17) is 0 Å².